The summed E-state index contributed by atoms with van der Waals surface area (Å²) in [6.45, 7) is 10.2. The number of alkyl carbamates (subject to hydrolysis) is 1. The van der Waals surface area contributed by atoms with Gasteiger partial charge in [0, 0.05) is 20.6 Å². The minimum Gasteiger partial charge on any atom is -0.450 e. The maximum absolute atomic E-state index is 13.6. The zero-order valence-electron chi connectivity index (χ0n) is 26.3. The SMILES string of the molecule is CCCCCOC(=O)N[C@H](C(=O)N1CCC[C@H]1C(=O)N[C@@H](CC(C)C)C(=O)Oc1nc2nc(N(C)C)ncc2[nH]1)C(C)C. The fraction of sp³-hybridized carbons (Fsp3) is 0.690. The maximum Gasteiger partial charge on any atom is 0.407 e. The number of fused-ring (bicyclic) bond motifs is 1. The molecule has 0 radical (unpaired) electrons. The van der Waals surface area contributed by atoms with Crippen molar-refractivity contribution in [3.8, 4) is 6.01 Å². The van der Waals surface area contributed by atoms with Crippen molar-refractivity contribution in [1.29, 1.82) is 0 Å². The number of H-pyrrole nitrogens is 1. The van der Waals surface area contributed by atoms with Gasteiger partial charge >= 0.3 is 18.1 Å². The zero-order valence-corrected chi connectivity index (χ0v) is 26.3. The largest absolute Gasteiger partial charge is 0.450 e. The van der Waals surface area contributed by atoms with Gasteiger partial charge in [0.15, 0.2) is 5.65 Å². The Kier molecular flexibility index (Phi) is 12.1. The van der Waals surface area contributed by atoms with Crippen LogP contribution in [0.15, 0.2) is 6.20 Å². The first kappa shape index (κ1) is 33.5. The normalized spacial score (nSPS) is 16.3. The lowest BCUT2D eigenvalue weighted by Crippen LogP contribution is -2.57. The molecule has 0 unspecified atom stereocenters. The summed E-state index contributed by atoms with van der Waals surface area (Å²) in [5, 5.41) is 5.49. The molecule has 3 rings (SSSR count). The lowest BCUT2D eigenvalue weighted by atomic mass is 10.0. The number of rotatable bonds is 14. The van der Waals surface area contributed by atoms with Gasteiger partial charge in [-0.15, -0.1) is 0 Å². The average Bonchev–Trinajstić information content (AvgIpc) is 3.59. The number of imidazole rings is 1. The maximum atomic E-state index is 13.6. The minimum atomic E-state index is -0.973. The van der Waals surface area contributed by atoms with Crippen LogP contribution in [0.5, 0.6) is 6.01 Å². The van der Waals surface area contributed by atoms with Crippen molar-refractivity contribution in [1.82, 2.24) is 35.5 Å². The molecule has 1 aliphatic heterocycles. The van der Waals surface area contributed by atoms with E-state index in [0.717, 1.165) is 19.3 Å². The number of unbranched alkanes of at least 4 members (excludes halogenated alkanes) is 2. The van der Waals surface area contributed by atoms with Crippen molar-refractivity contribution in [2.75, 3.05) is 32.1 Å². The number of esters is 1. The third-order valence-electron chi connectivity index (χ3n) is 7.14. The van der Waals surface area contributed by atoms with E-state index in [0.29, 0.717) is 42.9 Å². The minimum absolute atomic E-state index is 0.0567. The smallest absolute Gasteiger partial charge is 0.407 e. The second kappa shape index (κ2) is 15.5. The van der Waals surface area contributed by atoms with Crippen LogP contribution in [0.25, 0.3) is 11.2 Å². The molecule has 3 heterocycles. The molecule has 14 heteroatoms. The van der Waals surface area contributed by atoms with Crippen molar-refractivity contribution in [2.24, 2.45) is 11.8 Å². The Morgan fingerprint density at radius 3 is 2.51 bits per heavy atom. The van der Waals surface area contributed by atoms with Crippen LogP contribution in [0.4, 0.5) is 10.7 Å². The van der Waals surface area contributed by atoms with Crippen LogP contribution in [0.3, 0.4) is 0 Å². The topological polar surface area (TPSA) is 172 Å². The molecule has 3 atom stereocenters. The van der Waals surface area contributed by atoms with E-state index in [-0.39, 0.29) is 30.4 Å². The number of anilines is 1. The number of carbonyl (C=O) groups excluding carboxylic acids is 4. The molecule has 3 N–H and O–H groups in total. The predicted octanol–water partition coefficient (Wildman–Crippen LogP) is 2.79. The summed E-state index contributed by atoms with van der Waals surface area (Å²) in [5.41, 5.74) is 0.834. The molecular weight excluding hydrogens is 556 g/mol. The molecule has 43 heavy (non-hydrogen) atoms. The molecular formula is C29H46N8O6. The van der Waals surface area contributed by atoms with Crippen molar-refractivity contribution < 1.29 is 28.7 Å². The Hall–Kier alpha value is -3.97. The van der Waals surface area contributed by atoms with Crippen LogP contribution < -0.4 is 20.3 Å². The predicted molar refractivity (Wildman–Crippen MR) is 160 cm³/mol. The van der Waals surface area contributed by atoms with E-state index in [1.807, 2.05) is 27.7 Å². The molecule has 2 aromatic heterocycles. The van der Waals surface area contributed by atoms with Gasteiger partial charge in [-0.05, 0) is 37.5 Å². The highest BCUT2D eigenvalue weighted by molar-refractivity contribution is 5.94. The Balaban J connectivity index is 1.68. The number of amides is 3. The van der Waals surface area contributed by atoms with Gasteiger partial charge in [-0.1, -0.05) is 47.5 Å². The molecule has 1 saturated heterocycles. The van der Waals surface area contributed by atoms with Gasteiger partial charge in [0.2, 0.25) is 17.8 Å². The van der Waals surface area contributed by atoms with Gasteiger partial charge in [0.05, 0.1) is 12.8 Å². The van der Waals surface area contributed by atoms with Crippen LogP contribution in [0.1, 0.15) is 73.1 Å². The number of hydrogen-bond acceptors (Lipinski definition) is 10. The highest BCUT2D eigenvalue weighted by Crippen LogP contribution is 2.22. The van der Waals surface area contributed by atoms with Gasteiger partial charge in [-0.3, -0.25) is 9.59 Å². The molecule has 1 aliphatic rings. The molecule has 2 aromatic rings. The van der Waals surface area contributed by atoms with E-state index in [9.17, 15) is 19.2 Å². The van der Waals surface area contributed by atoms with Crippen LogP contribution in [0.2, 0.25) is 0 Å². The summed E-state index contributed by atoms with van der Waals surface area (Å²) in [6.07, 6.45) is 4.95. The zero-order chi connectivity index (χ0) is 31.7. The average molecular weight is 603 g/mol. The summed E-state index contributed by atoms with van der Waals surface area (Å²) < 4.78 is 10.8. The summed E-state index contributed by atoms with van der Waals surface area (Å²) >= 11 is 0. The standard InChI is InChI=1S/C29H46N8O6/c1-8-9-10-14-42-29(41)33-22(18(4)5)25(39)37-13-11-12-21(37)24(38)31-19(15-17(2)3)26(40)43-28-32-20-16-30-27(36(6)7)34-23(20)35-28/h16-19,21-22H,8-15H2,1-7H3,(H,31,38)(H,33,41)(H,30,32,34,35)/t19-,21-,22-/m0/s1. The first-order chi connectivity index (χ1) is 20.4. The van der Waals surface area contributed by atoms with Crippen LogP contribution in [0, 0.1) is 11.8 Å². The highest BCUT2D eigenvalue weighted by atomic mass is 16.6. The Morgan fingerprint density at radius 1 is 1.12 bits per heavy atom. The molecule has 0 aromatic carbocycles. The molecule has 0 aliphatic carbocycles. The molecule has 14 nitrogen and oxygen atoms in total. The van der Waals surface area contributed by atoms with E-state index in [1.54, 1.807) is 25.2 Å². The van der Waals surface area contributed by atoms with E-state index in [2.05, 4.69) is 37.5 Å². The summed E-state index contributed by atoms with van der Waals surface area (Å²) in [4.78, 5) is 71.6. The van der Waals surface area contributed by atoms with Crippen LogP contribution >= 0.6 is 0 Å². The number of likely N-dealkylation sites (tertiary alicyclic amines) is 1. The third-order valence-corrected chi connectivity index (χ3v) is 7.14. The fourth-order valence-corrected chi connectivity index (χ4v) is 4.84. The van der Waals surface area contributed by atoms with Crippen molar-refractivity contribution >= 4 is 41.0 Å². The summed E-state index contributed by atoms with van der Waals surface area (Å²) in [6, 6.07) is -2.67. The Morgan fingerprint density at radius 2 is 1.86 bits per heavy atom. The highest BCUT2D eigenvalue weighted by Gasteiger charge is 2.40. The molecule has 3 amide bonds. The van der Waals surface area contributed by atoms with Gasteiger partial charge in [0.1, 0.15) is 23.6 Å². The van der Waals surface area contributed by atoms with Gasteiger partial charge in [-0.25, -0.2) is 14.6 Å². The van der Waals surface area contributed by atoms with Crippen molar-refractivity contribution in [3.05, 3.63) is 6.20 Å². The molecule has 0 saturated carbocycles. The van der Waals surface area contributed by atoms with Gasteiger partial charge < -0.3 is 34.9 Å². The first-order valence-corrected chi connectivity index (χ1v) is 15.1. The van der Waals surface area contributed by atoms with Gasteiger partial charge in [-0.2, -0.15) is 9.97 Å². The monoisotopic (exact) mass is 602 g/mol. The Bertz CT molecular complexity index is 1260. The van der Waals surface area contributed by atoms with Gasteiger partial charge in [0.25, 0.3) is 0 Å². The molecule has 0 spiro atoms. The number of carbonyl (C=O) groups is 4. The van der Waals surface area contributed by atoms with E-state index in [4.69, 9.17) is 9.47 Å². The summed E-state index contributed by atoms with van der Waals surface area (Å²) in [5.74, 6) is -1.22. The second-order valence-corrected chi connectivity index (χ2v) is 11.9. The third kappa shape index (κ3) is 9.26. The first-order valence-electron chi connectivity index (χ1n) is 15.1. The molecule has 1 fully saturated rings. The molecule has 238 valence electrons. The fourth-order valence-electron chi connectivity index (χ4n) is 4.84. The number of aromatic amines is 1. The number of aromatic nitrogens is 4. The van der Waals surface area contributed by atoms with E-state index >= 15 is 0 Å². The summed E-state index contributed by atoms with van der Waals surface area (Å²) in [7, 11) is 3.60. The number of ether oxygens (including phenoxy) is 2. The molecule has 0 bridgehead atoms. The van der Waals surface area contributed by atoms with Crippen LogP contribution in [-0.2, 0) is 19.1 Å². The van der Waals surface area contributed by atoms with E-state index < -0.39 is 36.1 Å². The number of nitrogens with zero attached hydrogens (tertiary/aromatic N) is 5. The second-order valence-electron chi connectivity index (χ2n) is 11.9. The Labute approximate surface area is 252 Å². The lowest BCUT2D eigenvalue weighted by molar-refractivity contribution is -0.143. The van der Waals surface area contributed by atoms with Crippen molar-refractivity contribution in [3.63, 3.8) is 0 Å². The van der Waals surface area contributed by atoms with E-state index in [1.165, 1.54) is 4.90 Å². The number of hydrogen-bond donors (Lipinski definition) is 3. The number of nitrogens with one attached hydrogen (secondary N) is 3. The quantitative estimate of drug-likeness (QED) is 0.216. The van der Waals surface area contributed by atoms with Crippen molar-refractivity contribution in [2.45, 2.75) is 91.3 Å². The lowest BCUT2D eigenvalue weighted by Gasteiger charge is -2.31. The van der Waals surface area contributed by atoms with Crippen LogP contribution in [-0.4, -0.2) is 94.1 Å².